The van der Waals surface area contributed by atoms with Crippen LogP contribution in [-0.2, 0) is 11.3 Å². The Kier molecular flexibility index (Phi) is 3.51. The van der Waals surface area contributed by atoms with E-state index >= 15 is 0 Å². The van der Waals surface area contributed by atoms with Crippen LogP contribution < -0.4 is 5.32 Å². The Labute approximate surface area is 122 Å². The molecule has 1 aromatic heterocycles. The average Bonchev–Trinajstić information content (AvgIpc) is 2.92. The Morgan fingerprint density at radius 3 is 2.62 bits per heavy atom. The molecule has 2 aromatic carbocycles. The topological polar surface area (TPSA) is 46.9 Å². The third-order valence-corrected chi connectivity index (χ3v) is 3.28. The second kappa shape index (κ2) is 5.63. The second-order valence-corrected chi connectivity index (χ2v) is 4.63. The van der Waals surface area contributed by atoms with Gasteiger partial charge in [-0.3, -0.25) is 4.79 Å². The van der Waals surface area contributed by atoms with Gasteiger partial charge in [0.05, 0.1) is 23.4 Å². The van der Waals surface area contributed by atoms with Gasteiger partial charge in [-0.15, -0.1) is 0 Å². The Morgan fingerprint density at radius 1 is 1.14 bits per heavy atom. The standard InChI is InChI=1S/C17H15N3O/c1-2-17(21)18-12-15-14-10-6-7-11-16(14)20(19-15)13-8-4-3-5-9-13/h2-11H,1,12H2,(H,18,21). The molecule has 1 N–H and O–H groups in total. The Hall–Kier alpha value is -2.88. The summed E-state index contributed by atoms with van der Waals surface area (Å²) < 4.78 is 1.89. The van der Waals surface area contributed by atoms with Gasteiger partial charge in [0.1, 0.15) is 0 Å². The minimum Gasteiger partial charge on any atom is -0.347 e. The molecule has 0 saturated heterocycles. The minimum absolute atomic E-state index is 0.201. The number of benzene rings is 2. The number of amides is 1. The number of para-hydroxylation sites is 2. The third kappa shape index (κ3) is 2.56. The minimum atomic E-state index is -0.201. The van der Waals surface area contributed by atoms with Crippen molar-refractivity contribution in [3.63, 3.8) is 0 Å². The van der Waals surface area contributed by atoms with Gasteiger partial charge in [-0.1, -0.05) is 43.0 Å². The lowest BCUT2D eigenvalue weighted by molar-refractivity contribution is -0.116. The molecule has 0 aliphatic rings. The number of rotatable bonds is 4. The van der Waals surface area contributed by atoms with E-state index in [2.05, 4.69) is 17.0 Å². The van der Waals surface area contributed by atoms with Crippen LogP contribution in [0.2, 0.25) is 0 Å². The van der Waals surface area contributed by atoms with E-state index in [0.717, 1.165) is 22.3 Å². The normalized spacial score (nSPS) is 10.5. The largest absolute Gasteiger partial charge is 0.347 e. The van der Waals surface area contributed by atoms with Crippen LogP contribution in [0.1, 0.15) is 5.69 Å². The highest BCUT2D eigenvalue weighted by Crippen LogP contribution is 2.21. The Balaban J connectivity index is 2.06. The maximum atomic E-state index is 11.3. The number of nitrogens with one attached hydrogen (secondary N) is 1. The van der Waals surface area contributed by atoms with Crippen LogP contribution in [0.5, 0.6) is 0 Å². The molecule has 3 aromatic rings. The summed E-state index contributed by atoms with van der Waals surface area (Å²) in [5.74, 6) is -0.201. The number of hydrogen-bond acceptors (Lipinski definition) is 2. The lowest BCUT2D eigenvalue weighted by Gasteiger charge is -2.02. The molecular weight excluding hydrogens is 262 g/mol. The lowest BCUT2D eigenvalue weighted by Crippen LogP contribution is -2.20. The fraction of sp³-hybridized carbons (Fsp3) is 0.0588. The van der Waals surface area contributed by atoms with Crippen LogP contribution in [0, 0.1) is 0 Å². The summed E-state index contributed by atoms with van der Waals surface area (Å²) in [4.78, 5) is 11.3. The van der Waals surface area contributed by atoms with Crippen molar-refractivity contribution in [2.24, 2.45) is 0 Å². The average molecular weight is 277 g/mol. The van der Waals surface area contributed by atoms with E-state index in [1.54, 1.807) is 0 Å². The van der Waals surface area contributed by atoms with Crippen LogP contribution in [0.25, 0.3) is 16.6 Å². The van der Waals surface area contributed by atoms with Gasteiger partial charge >= 0.3 is 0 Å². The van der Waals surface area contributed by atoms with Gasteiger partial charge in [-0.2, -0.15) is 5.10 Å². The van der Waals surface area contributed by atoms with Gasteiger partial charge in [-0.25, -0.2) is 4.68 Å². The highest BCUT2D eigenvalue weighted by atomic mass is 16.1. The number of carbonyl (C=O) groups excluding carboxylic acids is 1. The molecule has 21 heavy (non-hydrogen) atoms. The van der Waals surface area contributed by atoms with Gasteiger partial charge in [-0.05, 0) is 24.3 Å². The molecule has 0 radical (unpaired) electrons. The summed E-state index contributed by atoms with van der Waals surface area (Å²) in [5, 5.41) is 8.44. The molecule has 4 heteroatoms. The van der Waals surface area contributed by atoms with Gasteiger partial charge in [0.15, 0.2) is 0 Å². The van der Waals surface area contributed by atoms with Crippen molar-refractivity contribution >= 4 is 16.8 Å². The summed E-state index contributed by atoms with van der Waals surface area (Å²) in [6.45, 7) is 3.83. The maximum absolute atomic E-state index is 11.3. The molecule has 0 spiro atoms. The zero-order chi connectivity index (χ0) is 14.7. The number of nitrogens with zero attached hydrogens (tertiary/aromatic N) is 2. The number of hydrogen-bond donors (Lipinski definition) is 1. The molecule has 1 amide bonds. The molecule has 4 nitrogen and oxygen atoms in total. The molecule has 0 bridgehead atoms. The first kappa shape index (κ1) is 13.1. The number of carbonyl (C=O) groups is 1. The van der Waals surface area contributed by atoms with Gasteiger partial charge in [0, 0.05) is 5.39 Å². The number of fused-ring (bicyclic) bond motifs is 1. The first-order chi connectivity index (χ1) is 10.3. The first-order valence-electron chi connectivity index (χ1n) is 6.72. The van der Waals surface area contributed by atoms with Gasteiger partial charge in [0.25, 0.3) is 0 Å². The van der Waals surface area contributed by atoms with Crippen molar-refractivity contribution < 1.29 is 4.79 Å². The summed E-state index contributed by atoms with van der Waals surface area (Å²) >= 11 is 0. The number of aromatic nitrogens is 2. The fourth-order valence-corrected chi connectivity index (χ4v) is 2.27. The van der Waals surface area contributed by atoms with Crippen LogP contribution in [0.3, 0.4) is 0 Å². The van der Waals surface area contributed by atoms with E-state index in [1.807, 2.05) is 59.3 Å². The molecular formula is C17H15N3O. The summed E-state index contributed by atoms with van der Waals surface area (Å²) in [6.07, 6.45) is 1.26. The predicted octanol–water partition coefficient (Wildman–Crippen LogP) is 2.83. The molecule has 0 saturated carbocycles. The van der Waals surface area contributed by atoms with E-state index in [9.17, 15) is 4.79 Å². The van der Waals surface area contributed by atoms with Crippen molar-refractivity contribution in [2.75, 3.05) is 0 Å². The van der Waals surface area contributed by atoms with E-state index in [-0.39, 0.29) is 5.91 Å². The lowest BCUT2D eigenvalue weighted by atomic mass is 10.2. The first-order valence-corrected chi connectivity index (χ1v) is 6.72. The van der Waals surface area contributed by atoms with Gasteiger partial charge < -0.3 is 5.32 Å². The van der Waals surface area contributed by atoms with Crippen LogP contribution >= 0.6 is 0 Å². The van der Waals surface area contributed by atoms with Crippen molar-refractivity contribution in [3.8, 4) is 5.69 Å². The zero-order valence-electron chi connectivity index (χ0n) is 11.5. The van der Waals surface area contributed by atoms with Crippen molar-refractivity contribution in [1.29, 1.82) is 0 Å². The quantitative estimate of drug-likeness (QED) is 0.745. The highest BCUT2D eigenvalue weighted by Gasteiger charge is 2.11. The Morgan fingerprint density at radius 2 is 1.86 bits per heavy atom. The van der Waals surface area contributed by atoms with Crippen LogP contribution in [0.15, 0.2) is 67.3 Å². The van der Waals surface area contributed by atoms with E-state index in [1.165, 1.54) is 6.08 Å². The van der Waals surface area contributed by atoms with Crippen molar-refractivity contribution in [3.05, 3.63) is 72.9 Å². The molecule has 0 unspecified atom stereocenters. The third-order valence-electron chi connectivity index (χ3n) is 3.28. The maximum Gasteiger partial charge on any atom is 0.243 e. The van der Waals surface area contributed by atoms with Crippen molar-refractivity contribution in [2.45, 2.75) is 6.54 Å². The van der Waals surface area contributed by atoms with Crippen LogP contribution in [0.4, 0.5) is 0 Å². The molecule has 0 atom stereocenters. The second-order valence-electron chi connectivity index (χ2n) is 4.63. The predicted molar refractivity (Wildman–Crippen MR) is 83.1 cm³/mol. The molecule has 0 aliphatic heterocycles. The molecule has 0 aliphatic carbocycles. The Bertz CT molecular complexity index is 790. The summed E-state index contributed by atoms with van der Waals surface area (Å²) in [7, 11) is 0. The monoisotopic (exact) mass is 277 g/mol. The van der Waals surface area contributed by atoms with E-state index < -0.39 is 0 Å². The molecule has 1 heterocycles. The summed E-state index contributed by atoms with van der Waals surface area (Å²) in [5.41, 5.74) is 2.85. The molecule has 104 valence electrons. The molecule has 0 fully saturated rings. The zero-order valence-corrected chi connectivity index (χ0v) is 11.5. The van der Waals surface area contributed by atoms with Gasteiger partial charge in [0.2, 0.25) is 5.91 Å². The van der Waals surface area contributed by atoms with E-state index in [0.29, 0.717) is 6.54 Å². The fourth-order valence-electron chi connectivity index (χ4n) is 2.27. The van der Waals surface area contributed by atoms with Crippen LogP contribution in [-0.4, -0.2) is 15.7 Å². The highest BCUT2D eigenvalue weighted by molar-refractivity contribution is 5.88. The smallest absolute Gasteiger partial charge is 0.243 e. The summed E-state index contributed by atoms with van der Waals surface area (Å²) in [6, 6.07) is 17.9. The van der Waals surface area contributed by atoms with Crippen molar-refractivity contribution in [1.82, 2.24) is 15.1 Å². The molecule has 3 rings (SSSR count). The van der Waals surface area contributed by atoms with E-state index in [4.69, 9.17) is 0 Å². The SMILES string of the molecule is C=CC(=O)NCc1nn(-c2ccccc2)c2ccccc12.